The number of hydrogen-bond acceptors (Lipinski definition) is 5. The van der Waals surface area contributed by atoms with Gasteiger partial charge in [-0.1, -0.05) is 56.5 Å². The van der Waals surface area contributed by atoms with Crippen LogP contribution in [0.4, 0.5) is 11.4 Å². The maximum Gasteiger partial charge on any atom is 0.296 e. The summed E-state index contributed by atoms with van der Waals surface area (Å²) in [5.74, 6) is 0.485. The zero-order valence-corrected chi connectivity index (χ0v) is 15.9. The average Bonchev–Trinajstić information content (AvgIpc) is 2.66. The number of phenols is 1. The number of aromatic hydroxyl groups is 1. The maximum atomic E-state index is 11.1. The Morgan fingerprint density at radius 2 is 1.81 bits per heavy atom. The van der Waals surface area contributed by atoms with Gasteiger partial charge in [-0.2, -0.15) is 5.11 Å². The number of hydrogen-bond donors (Lipinski definition) is 1. The van der Waals surface area contributed by atoms with Crippen molar-refractivity contribution in [3.63, 3.8) is 0 Å². The van der Waals surface area contributed by atoms with Gasteiger partial charge in [-0.25, -0.2) is 0 Å². The summed E-state index contributed by atoms with van der Waals surface area (Å²) in [5, 5.41) is 29.7. The van der Waals surface area contributed by atoms with E-state index in [0.29, 0.717) is 5.75 Å². The van der Waals surface area contributed by atoms with Gasteiger partial charge in [0, 0.05) is 6.07 Å². The van der Waals surface area contributed by atoms with E-state index < -0.39 is 4.92 Å². The summed E-state index contributed by atoms with van der Waals surface area (Å²) in [6.45, 7) is 4.11. The molecule has 2 aromatic carbocycles. The molecule has 0 aromatic heterocycles. The third-order valence-electron chi connectivity index (χ3n) is 4.60. The molecule has 0 fully saturated rings. The minimum Gasteiger partial charge on any atom is -0.508 e. The second-order valence-electron chi connectivity index (χ2n) is 6.80. The second-order valence-corrected chi connectivity index (χ2v) is 6.80. The molecule has 0 aliphatic carbocycles. The van der Waals surface area contributed by atoms with Crippen LogP contribution in [0.15, 0.2) is 58.8 Å². The molecule has 1 N–H and O–H groups in total. The highest BCUT2D eigenvalue weighted by atomic mass is 16.6. The van der Waals surface area contributed by atoms with Crippen molar-refractivity contribution in [2.24, 2.45) is 10.2 Å². The molecule has 2 rings (SSSR count). The van der Waals surface area contributed by atoms with Gasteiger partial charge in [-0.05, 0) is 43.4 Å². The molecule has 0 heterocycles. The van der Waals surface area contributed by atoms with Crippen LogP contribution in [0.25, 0.3) is 0 Å². The Morgan fingerprint density at radius 3 is 2.52 bits per heavy atom. The van der Waals surface area contributed by atoms with Crippen LogP contribution >= 0.6 is 0 Å². The van der Waals surface area contributed by atoms with Gasteiger partial charge in [0.05, 0.1) is 11.0 Å². The van der Waals surface area contributed by atoms with Crippen LogP contribution in [0.1, 0.15) is 57.4 Å². The van der Waals surface area contributed by atoms with E-state index in [1.807, 2.05) is 25.1 Å². The molecule has 0 saturated carbocycles. The first-order valence-electron chi connectivity index (χ1n) is 9.45. The first-order valence-corrected chi connectivity index (χ1v) is 9.45. The normalized spacial score (nSPS) is 13.6. The van der Waals surface area contributed by atoms with Crippen molar-refractivity contribution < 1.29 is 10.0 Å². The van der Waals surface area contributed by atoms with Gasteiger partial charge in [0.25, 0.3) is 5.69 Å². The predicted molar refractivity (Wildman–Crippen MR) is 107 cm³/mol. The fourth-order valence-electron chi connectivity index (χ4n) is 3.20. The standard InChI is InChI=1S/C21H27N3O3/c1-3-4-5-10-17(18-11-6-9-14-21(18)25)15-16(2)22-23-19-12-7-8-13-20(19)24(26)27/h6-9,11-14,16-17,25H,3-5,10,15H2,1-2H3. The lowest BCUT2D eigenvalue weighted by Crippen LogP contribution is -2.08. The second kappa shape index (κ2) is 10.4. The molecule has 6 nitrogen and oxygen atoms in total. The van der Waals surface area contributed by atoms with Crippen molar-refractivity contribution in [2.45, 2.75) is 57.9 Å². The zero-order chi connectivity index (χ0) is 19.6. The summed E-state index contributed by atoms with van der Waals surface area (Å²) in [6.07, 6.45) is 5.07. The quantitative estimate of drug-likeness (QED) is 0.223. The van der Waals surface area contributed by atoms with E-state index in [1.54, 1.807) is 24.3 Å². The Bertz CT molecular complexity index is 777. The van der Waals surface area contributed by atoms with E-state index in [-0.39, 0.29) is 23.3 Å². The lowest BCUT2D eigenvalue weighted by molar-refractivity contribution is -0.384. The molecule has 0 spiro atoms. The van der Waals surface area contributed by atoms with Crippen LogP contribution < -0.4 is 0 Å². The van der Waals surface area contributed by atoms with Gasteiger partial charge in [-0.3, -0.25) is 10.1 Å². The van der Waals surface area contributed by atoms with Gasteiger partial charge in [0.2, 0.25) is 0 Å². The van der Waals surface area contributed by atoms with E-state index in [2.05, 4.69) is 17.2 Å². The Morgan fingerprint density at radius 1 is 1.11 bits per heavy atom. The van der Waals surface area contributed by atoms with Crippen LogP contribution in [-0.4, -0.2) is 16.1 Å². The predicted octanol–water partition coefficient (Wildman–Crippen LogP) is 6.53. The highest BCUT2D eigenvalue weighted by molar-refractivity contribution is 5.56. The number of phenolic OH excluding ortho intramolecular Hbond substituents is 1. The summed E-state index contributed by atoms with van der Waals surface area (Å²) in [7, 11) is 0. The molecule has 0 amide bonds. The number of nitro groups is 1. The van der Waals surface area contributed by atoms with E-state index in [1.165, 1.54) is 6.07 Å². The minimum absolute atomic E-state index is 0.0475. The minimum atomic E-state index is -0.450. The fourth-order valence-corrected chi connectivity index (χ4v) is 3.20. The Hall–Kier alpha value is -2.76. The van der Waals surface area contributed by atoms with Crippen LogP contribution in [0.3, 0.4) is 0 Å². The molecular formula is C21H27N3O3. The van der Waals surface area contributed by atoms with Crippen molar-refractivity contribution in [2.75, 3.05) is 0 Å². The average molecular weight is 369 g/mol. The summed E-state index contributed by atoms with van der Waals surface area (Å²) in [4.78, 5) is 10.6. The van der Waals surface area contributed by atoms with E-state index in [4.69, 9.17) is 0 Å². The zero-order valence-electron chi connectivity index (χ0n) is 15.9. The van der Waals surface area contributed by atoms with Crippen LogP contribution in [0.5, 0.6) is 5.75 Å². The molecule has 2 atom stereocenters. The van der Waals surface area contributed by atoms with Crippen LogP contribution in [0.2, 0.25) is 0 Å². The SMILES string of the molecule is CCCCCC(CC(C)N=Nc1ccccc1[N+](=O)[O-])c1ccccc1O. The third kappa shape index (κ3) is 6.16. The van der Waals surface area contributed by atoms with E-state index >= 15 is 0 Å². The number of azo groups is 1. The molecule has 27 heavy (non-hydrogen) atoms. The molecule has 0 aliphatic heterocycles. The Balaban J connectivity index is 2.12. The highest BCUT2D eigenvalue weighted by Crippen LogP contribution is 2.34. The molecule has 6 heteroatoms. The summed E-state index contributed by atoms with van der Waals surface area (Å²) in [5.41, 5.74) is 1.15. The van der Waals surface area contributed by atoms with Crippen molar-refractivity contribution in [3.8, 4) is 5.75 Å². The van der Waals surface area contributed by atoms with E-state index in [0.717, 1.165) is 37.7 Å². The first kappa shape index (κ1) is 20.6. The Labute approximate surface area is 160 Å². The maximum absolute atomic E-state index is 11.1. The van der Waals surface area contributed by atoms with Crippen molar-refractivity contribution in [1.29, 1.82) is 0 Å². The summed E-state index contributed by atoms with van der Waals surface area (Å²) >= 11 is 0. The third-order valence-corrected chi connectivity index (χ3v) is 4.60. The summed E-state index contributed by atoms with van der Waals surface area (Å²) in [6, 6.07) is 13.6. The summed E-state index contributed by atoms with van der Waals surface area (Å²) < 4.78 is 0. The lowest BCUT2D eigenvalue weighted by Gasteiger charge is -2.20. The number of benzene rings is 2. The van der Waals surface area contributed by atoms with Crippen molar-refractivity contribution in [3.05, 3.63) is 64.2 Å². The molecule has 0 aliphatic rings. The van der Waals surface area contributed by atoms with Crippen LogP contribution in [0, 0.1) is 10.1 Å². The first-order chi connectivity index (χ1) is 13.0. The van der Waals surface area contributed by atoms with Gasteiger partial charge >= 0.3 is 0 Å². The molecule has 2 unspecified atom stereocenters. The van der Waals surface area contributed by atoms with Gasteiger partial charge in [0.1, 0.15) is 5.75 Å². The molecule has 0 radical (unpaired) electrons. The highest BCUT2D eigenvalue weighted by Gasteiger charge is 2.18. The van der Waals surface area contributed by atoms with Crippen molar-refractivity contribution >= 4 is 11.4 Å². The van der Waals surface area contributed by atoms with Crippen LogP contribution in [-0.2, 0) is 0 Å². The number of rotatable bonds is 10. The molecular weight excluding hydrogens is 342 g/mol. The topological polar surface area (TPSA) is 88.1 Å². The molecule has 0 bridgehead atoms. The molecule has 2 aromatic rings. The largest absolute Gasteiger partial charge is 0.508 e. The van der Waals surface area contributed by atoms with E-state index in [9.17, 15) is 15.2 Å². The van der Waals surface area contributed by atoms with Gasteiger partial charge in [-0.15, -0.1) is 5.11 Å². The smallest absolute Gasteiger partial charge is 0.296 e. The van der Waals surface area contributed by atoms with Gasteiger partial charge < -0.3 is 5.11 Å². The number of nitro benzene ring substituents is 1. The van der Waals surface area contributed by atoms with Gasteiger partial charge in [0.15, 0.2) is 5.69 Å². The number of para-hydroxylation sites is 2. The number of unbranched alkanes of at least 4 members (excludes halogenated alkanes) is 2. The molecule has 0 saturated heterocycles. The lowest BCUT2D eigenvalue weighted by atomic mass is 9.87. The Kier molecular flexibility index (Phi) is 7.92. The van der Waals surface area contributed by atoms with Crippen molar-refractivity contribution in [1.82, 2.24) is 0 Å². The monoisotopic (exact) mass is 369 g/mol. The molecule has 144 valence electrons. The number of nitrogens with zero attached hydrogens (tertiary/aromatic N) is 3. The fraction of sp³-hybridized carbons (Fsp3) is 0.429.